The van der Waals surface area contributed by atoms with Gasteiger partial charge in [-0.25, -0.2) is 13.6 Å². The first-order valence-electron chi connectivity index (χ1n) is 5.52. The molecule has 0 saturated carbocycles. The summed E-state index contributed by atoms with van der Waals surface area (Å²) >= 11 is 1.14. The molecule has 0 aromatic carbocycles. The van der Waals surface area contributed by atoms with Crippen molar-refractivity contribution < 1.29 is 13.2 Å². The van der Waals surface area contributed by atoms with Gasteiger partial charge in [0.15, 0.2) is 5.96 Å². The van der Waals surface area contributed by atoms with Gasteiger partial charge >= 0.3 is 0 Å². The zero-order valence-electron chi connectivity index (χ0n) is 11.3. The zero-order valence-corrected chi connectivity index (χ0v) is 15.2. The van der Waals surface area contributed by atoms with E-state index in [2.05, 4.69) is 15.6 Å². The molecule has 0 bridgehead atoms. The van der Waals surface area contributed by atoms with Crippen LogP contribution in [-0.2, 0) is 21.3 Å². The smallest absolute Gasteiger partial charge is 0.247 e. The Labute approximate surface area is 140 Å². The molecule has 0 aliphatic carbocycles. The van der Waals surface area contributed by atoms with Crippen molar-refractivity contribution in [3.8, 4) is 0 Å². The maximum atomic E-state index is 11.1. The van der Waals surface area contributed by atoms with E-state index >= 15 is 0 Å². The quantitative estimate of drug-likeness (QED) is 0.259. The number of nitrogens with two attached hydrogens (primary N) is 1. The summed E-state index contributed by atoms with van der Waals surface area (Å²) in [7, 11) is -0.333. The van der Waals surface area contributed by atoms with Crippen LogP contribution in [0.25, 0.3) is 0 Å². The minimum absolute atomic E-state index is 0. The van der Waals surface area contributed by atoms with Crippen molar-refractivity contribution in [3.63, 3.8) is 0 Å². The molecule has 0 aliphatic heterocycles. The van der Waals surface area contributed by atoms with Crippen LogP contribution in [0.4, 0.5) is 0 Å². The van der Waals surface area contributed by atoms with Crippen molar-refractivity contribution in [2.24, 2.45) is 10.1 Å². The third-order valence-corrected chi connectivity index (χ3v) is 4.69. The molecule has 0 amide bonds. The number of aliphatic imine (C=N–C) groups is 1. The molecule has 1 aromatic rings. The van der Waals surface area contributed by atoms with Crippen molar-refractivity contribution in [1.29, 1.82) is 0 Å². The molecule has 0 radical (unpaired) electrons. The van der Waals surface area contributed by atoms with E-state index in [0.717, 1.165) is 16.2 Å². The van der Waals surface area contributed by atoms with Gasteiger partial charge in [-0.1, -0.05) is 0 Å². The summed E-state index contributed by atoms with van der Waals surface area (Å²) in [5.74, 6) is 0.627. The topological polar surface area (TPSA) is 106 Å². The first-order chi connectivity index (χ1) is 8.97. The average Bonchev–Trinajstić information content (AvgIpc) is 2.82. The fourth-order valence-corrected chi connectivity index (χ4v) is 2.99. The maximum Gasteiger partial charge on any atom is 0.247 e. The lowest BCUT2D eigenvalue weighted by atomic mass is 10.5. The molecular formula is C10H19IN4O3S2. The van der Waals surface area contributed by atoms with Crippen LogP contribution in [0.15, 0.2) is 21.3 Å². The van der Waals surface area contributed by atoms with Crippen LogP contribution < -0.4 is 15.8 Å². The molecule has 10 heteroatoms. The van der Waals surface area contributed by atoms with Crippen LogP contribution in [0.5, 0.6) is 0 Å². The molecule has 0 aliphatic rings. The molecule has 7 nitrogen and oxygen atoms in total. The van der Waals surface area contributed by atoms with Crippen LogP contribution in [0.2, 0.25) is 0 Å². The first kappa shape index (κ1) is 19.6. The highest BCUT2D eigenvalue weighted by Gasteiger charge is 2.11. The summed E-state index contributed by atoms with van der Waals surface area (Å²) in [6, 6.07) is 3.22. The van der Waals surface area contributed by atoms with E-state index in [9.17, 15) is 8.42 Å². The standard InChI is InChI=1S/C10H18N4O3S2.HI/c1-12-10(13-5-6-17-2)14-7-8-3-4-9(18-8)19(11,15)16;/h3-4H,5-7H2,1-2H3,(H2,11,15,16)(H2,12,13,14);1H. The number of rotatable bonds is 6. The van der Waals surface area contributed by atoms with Gasteiger partial charge in [-0.15, -0.1) is 35.3 Å². The summed E-state index contributed by atoms with van der Waals surface area (Å²) < 4.78 is 27.3. The number of hydrogen-bond acceptors (Lipinski definition) is 5. The molecule has 1 heterocycles. The number of ether oxygens (including phenoxy) is 1. The molecule has 116 valence electrons. The maximum absolute atomic E-state index is 11.1. The summed E-state index contributed by atoms with van der Waals surface area (Å²) in [5, 5.41) is 11.2. The molecule has 0 spiro atoms. The van der Waals surface area contributed by atoms with Gasteiger partial charge in [-0.05, 0) is 12.1 Å². The minimum atomic E-state index is -3.62. The molecule has 0 unspecified atom stereocenters. The Morgan fingerprint density at radius 3 is 2.65 bits per heavy atom. The molecule has 20 heavy (non-hydrogen) atoms. The zero-order chi connectivity index (χ0) is 14.3. The average molecular weight is 434 g/mol. The van der Waals surface area contributed by atoms with E-state index in [1.54, 1.807) is 20.2 Å². The number of nitrogens with zero attached hydrogens (tertiary/aromatic N) is 1. The number of hydrogen-bond donors (Lipinski definition) is 3. The third kappa shape index (κ3) is 6.83. The molecular weight excluding hydrogens is 415 g/mol. The molecule has 0 fully saturated rings. The lowest BCUT2D eigenvalue weighted by Gasteiger charge is -2.10. The second kappa shape index (κ2) is 9.50. The normalized spacial score (nSPS) is 11.8. The fourth-order valence-electron chi connectivity index (χ4n) is 1.27. The van der Waals surface area contributed by atoms with Crippen molar-refractivity contribution in [2.75, 3.05) is 27.3 Å². The summed E-state index contributed by atoms with van der Waals surface area (Å²) in [5.41, 5.74) is 0. The Hall–Kier alpha value is -0.430. The Morgan fingerprint density at radius 2 is 2.15 bits per heavy atom. The molecule has 0 saturated heterocycles. The second-order valence-corrected chi connectivity index (χ2v) is 6.57. The number of nitrogens with one attached hydrogen (secondary N) is 2. The van der Waals surface area contributed by atoms with Gasteiger partial charge in [-0.3, -0.25) is 4.99 Å². The van der Waals surface area contributed by atoms with Crippen LogP contribution in [-0.4, -0.2) is 41.7 Å². The summed E-state index contributed by atoms with van der Waals surface area (Å²) in [6.45, 7) is 1.70. The Balaban J connectivity index is 0.00000361. The Morgan fingerprint density at radius 1 is 1.45 bits per heavy atom. The number of guanidine groups is 1. The van der Waals surface area contributed by atoms with Crippen molar-refractivity contribution in [3.05, 3.63) is 17.0 Å². The fraction of sp³-hybridized carbons (Fsp3) is 0.500. The Kier molecular flexibility index (Phi) is 9.29. The summed E-state index contributed by atoms with van der Waals surface area (Å²) in [6.07, 6.45) is 0. The molecule has 4 N–H and O–H groups in total. The highest BCUT2D eigenvalue weighted by Crippen LogP contribution is 2.19. The largest absolute Gasteiger partial charge is 0.383 e. The van der Waals surface area contributed by atoms with E-state index in [4.69, 9.17) is 9.88 Å². The highest BCUT2D eigenvalue weighted by atomic mass is 127. The highest BCUT2D eigenvalue weighted by molar-refractivity contribution is 14.0. The first-order valence-corrected chi connectivity index (χ1v) is 7.88. The van der Waals surface area contributed by atoms with Gasteiger partial charge in [0.1, 0.15) is 4.21 Å². The lowest BCUT2D eigenvalue weighted by molar-refractivity contribution is 0.203. The molecule has 1 rings (SSSR count). The SMILES string of the molecule is CN=C(NCCOC)NCc1ccc(S(N)(=O)=O)s1.I. The molecule has 0 atom stereocenters. The van der Waals surface area contributed by atoms with Gasteiger partial charge in [0, 0.05) is 25.6 Å². The number of primary sulfonamides is 1. The van der Waals surface area contributed by atoms with Gasteiger partial charge < -0.3 is 15.4 Å². The minimum Gasteiger partial charge on any atom is -0.383 e. The van der Waals surface area contributed by atoms with E-state index in [1.807, 2.05) is 0 Å². The van der Waals surface area contributed by atoms with Gasteiger partial charge in [0.05, 0.1) is 13.2 Å². The predicted molar refractivity (Wildman–Crippen MR) is 91.2 cm³/mol. The number of methoxy groups -OCH3 is 1. The van der Waals surface area contributed by atoms with Gasteiger partial charge in [0.2, 0.25) is 10.0 Å². The third-order valence-electron chi connectivity index (χ3n) is 2.17. The van der Waals surface area contributed by atoms with Crippen LogP contribution >= 0.6 is 35.3 Å². The van der Waals surface area contributed by atoms with Crippen molar-refractivity contribution in [1.82, 2.24) is 10.6 Å². The van der Waals surface area contributed by atoms with E-state index in [0.29, 0.717) is 25.7 Å². The predicted octanol–water partition coefficient (Wildman–Crippen LogP) is 0.325. The second-order valence-electron chi connectivity index (χ2n) is 3.61. The van der Waals surface area contributed by atoms with Gasteiger partial charge in [0.25, 0.3) is 0 Å². The number of thiophene rings is 1. The Bertz CT molecular complexity index is 530. The monoisotopic (exact) mass is 434 g/mol. The number of sulfonamides is 1. The lowest BCUT2D eigenvalue weighted by Crippen LogP contribution is -2.38. The van der Waals surface area contributed by atoms with Gasteiger partial charge in [-0.2, -0.15) is 0 Å². The van der Waals surface area contributed by atoms with Crippen LogP contribution in [0.1, 0.15) is 4.88 Å². The van der Waals surface area contributed by atoms with Crippen LogP contribution in [0.3, 0.4) is 0 Å². The van der Waals surface area contributed by atoms with Crippen molar-refractivity contribution in [2.45, 2.75) is 10.8 Å². The van der Waals surface area contributed by atoms with E-state index < -0.39 is 10.0 Å². The number of halogens is 1. The van der Waals surface area contributed by atoms with Crippen LogP contribution in [0, 0.1) is 0 Å². The van der Waals surface area contributed by atoms with E-state index in [1.165, 1.54) is 6.07 Å². The summed E-state index contributed by atoms with van der Waals surface area (Å²) in [4.78, 5) is 4.89. The molecule has 1 aromatic heterocycles. The van der Waals surface area contributed by atoms with E-state index in [-0.39, 0.29) is 28.2 Å². The van der Waals surface area contributed by atoms with Crippen molar-refractivity contribution >= 4 is 51.3 Å².